The predicted octanol–water partition coefficient (Wildman–Crippen LogP) is 3.05. The Morgan fingerprint density at radius 1 is 1.27 bits per heavy atom. The van der Waals surface area contributed by atoms with E-state index in [1.165, 1.54) is 16.6 Å². The van der Waals surface area contributed by atoms with Crippen molar-refractivity contribution in [3.05, 3.63) is 35.3 Å². The molecule has 1 aromatic carbocycles. The van der Waals surface area contributed by atoms with Gasteiger partial charge < -0.3 is 16.0 Å². The quantitative estimate of drug-likeness (QED) is 0.750. The molecule has 2 amide bonds. The number of thioether (sulfide) groups is 1. The normalized spacial score (nSPS) is 20.3. The molecule has 8 heteroatoms. The van der Waals surface area contributed by atoms with Gasteiger partial charge >= 0.3 is 0 Å². The van der Waals surface area contributed by atoms with Crippen LogP contribution in [0.1, 0.15) is 30.1 Å². The molecule has 2 aliphatic heterocycles. The number of hydrogen-bond acceptors (Lipinski definition) is 6. The SMILES string of the molecule is O=C(CC1Sc2ccccc2NC1=O)Nc1ncc(C2CCNCC2)s1. The molecule has 1 saturated heterocycles. The number of carbonyl (C=O) groups excluding carboxylic acids is 2. The van der Waals surface area contributed by atoms with Crippen molar-refractivity contribution >= 4 is 45.7 Å². The van der Waals surface area contributed by atoms with Crippen molar-refractivity contribution in [3.63, 3.8) is 0 Å². The number of nitrogens with one attached hydrogen (secondary N) is 3. The first-order chi connectivity index (χ1) is 12.7. The molecule has 1 aromatic heterocycles. The van der Waals surface area contributed by atoms with Crippen LogP contribution in [0, 0.1) is 0 Å². The van der Waals surface area contributed by atoms with Crippen molar-refractivity contribution in [1.82, 2.24) is 10.3 Å². The Morgan fingerprint density at radius 2 is 2.08 bits per heavy atom. The molecule has 1 unspecified atom stereocenters. The minimum atomic E-state index is -0.422. The van der Waals surface area contributed by atoms with Crippen molar-refractivity contribution < 1.29 is 9.59 Å². The van der Waals surface area contributed by atoms with E-state index in [4.69, 9.17) is 0 Å². The summed E-state index contributed by atoms with van der Waals surface area (Å²) in [5.41, 5.74) is 0.811. The zero-order valence-corrected chi connectivity index (χ0v) is 15.8. The Hall–Kier alpha value is -1.90. The summed E-state index contributed by atoms with van der Waals surface area (Å²) in [5.74, 6) is 0.220. The minimum Gasteiger partial charge on any atom is -0.324 e. The molecule has 4 rings (SSSR count). The van der Waals surface area contributed by atoms with Crippen LogP contribution in [0.3, 0.4) is 0 Å². The van der Waals surface area contributed by atoms with Gasteiger partial charge in [0.05, 0.1) is 10.9 Å². The van der Waals surface area contributed by atoms with Crippen LogP contribution >= 0.6 is 23.1 Å². The number of nitrogens with zero attached hydrogens (tertiary/aromatic N) is 1. The molecule has 3 N–H and O–H groups in total. The topological polar surface area (TPSA) is 83.1 Å². The van der Waals surface area contributed by atoms with Crippen LogP contribution in [0.15, 0.2) is 35.4 Å². The molecule has 2 aliphatic rings. The second-order valence-corrected chi connectivity index (χ2v) is 8.74. The van der Waals surface area contributed by atoms with E-state index < -0.39 is 5.25 Å². The van der Waals surface area contributed by atoms with E-state index >= 15 is 0 Å². The third kappa shape index (κ3) is 3.92. The van der Waals surface area contributed by atoms with Gasteiger partial charge in [-0.1, -0.05) is 12.1 Å². The van der Waals surface area contributed by atoms with Gasteiger partial charge in [-0.15, -0.1) is 23.1 Å². The monoisotopic (exact) mass is 388 g/mol. The highest BCUT2D eigenvalue weighted by molar-refractivity contribution is 8.01. The van der Waals surface area contributed by atoms with Crippen molar-refractivity contribution in [2.75, 3.05) is 23.7 Å². The fourth-order valence-corrected chi connectivity index (χ4v) is 5.32. The molecule has 0 aliphatic carbocycles. The van der Waals surface area contributed by atoms with Gasteiger partial charge in [0.2, 0.25) is 11.8 Å². The van der Waals surface area contributed by atoms with Crippen LogP contribution in [0.5, 0.6) is 0 Å². The molecule has 0 spiro atoms. The molecule has 6 nitrogen and oxygen atoms in total. The van der Waals surface area contributed by atoms with E-state index in [-0.39, 0.29) is 18.2 Å². The third-order valence-corrected chi connectivity index (χ3v) is 6.94. The molecule has 2 aromatic rings. The molecule has 0 radical (unpaired) electrons. The van der Waals surface area contributed by atoms with Crippen LogP contribution in [-0.2, 0) is 9.59 Å². The lowest BCUT2D eigenvalue weighted by molar-refractivity contribution is -0.120. The van der Waals surface area contributed by atoms with E-state index in [2.05, 4.69) is 20.9 Å². The molecular weight excluding hydrogens is 368 g/mol. The maximum absolute atomic E-state index is 12.4. The number of amides is 2. The summed E-state index contributed by atoms with van der Waals surface area (Å²) < 4.78 is 0. The van der Waals surface area contributed by atoms with E-state index in [1.807, 2.05) is 30.5 Å². The first-order valence-corrected chi connectivity index (χ1v) is 10.4. The number of hydrogen-bond donors (Lipinski definition) is 3. The summed E-state index contributed by atoms with van der Waals surface area (Å²) in [6.07, 6.45) is 4.21. The van der Waals surface area contributed by atoms with Gasteiger partial charge in [-0.2, -0.15) is 0 Å². The lowest BCUT2D eigenvalue weighted by Gasteiger charge is -2.23. The Kier molecular flexibility index (Phi) is 5.23. The Morgan fingerprint density at radius 3 is 2.92 bits per heavy atom. The Balaban J connectivity index is 1.35. The Bertz CT molecular complexity index is 817. The lowest BCUT2D eigenvalue weighted by Crippen LogP contribution is -2.32. The van der Waals surface area contributed by atoms with Crippen LogP contribution in [0.25, 0.3) is 0 Å². The fraction of sp³-hybridized carbons (Fsp3) is 0.389. The molecule has 1 atom stereocenters. The number of thiazole rings is 1. The lowest BCUT2D eigenvalue weighted by atomic mass is 9.97. The third-order valence-electron chi connectivity index (χ3n) is 4.59. The fourth-order valence-electron chi connectivity index (χ4n) is 3.21. The average molecular weight is 389 g/mol. The highest BCUT2D eigenvalue weighted by atomic mass is 32.2. The van der Waals surface area contributed by atoms with E-state index in [9.17, 15) is 9.59 Å². The van der Waals surface area contributed by atoms with Crippen LogP contribution in [-0.4, -0.2) is 35.1 Å². The van der Waals surface area contributed by atoms with Gasteiger partial charge in [-0.05, 0) is 44.0 Å². The number of fused-ring (bicyclic) bond motifs is 1. The van der Waals surface area contributed by atoms with Crippen LogP contribution in [0.4, 0.5) is 10.8 Å². The summed E-state index contributed by atoms with van der Waals surface area (Å²) in [6.45, 7) is 2.06. The summed E-state index contributed by atoms with van der Waals surface area (Å²) in [7, 11) is 0. The number of para-hydroxylation sites is 1. The predicted molar refractivity (Wildman–Crippen MR) is 105 cm³/mol. The summed E-state index contributed by atoms with van der Waals surface area (Å²) >= 11 is 2.98. The zero-order valence-electron chi connectivity index (χ0n) is 14.2. The van der Waals surface area contributed by atoms with Gasteiger partial charge in [0, 0.05) is 22.4 Å². The standard InChI is InChI=1S/C18H20N4O2S2/c23-16(9-14-17(24)21-12-3-1-2-4-13(12)25-14)22-18-20-10-15(26-18)11-5-7-19-8-6-11/h1-4,10-11,14,19H,5-9H2,(H,21,24)(H,20,22,23). The van der Waals surface area contributed by atoms with Crippen molar-refractivity contribution in [2.45, 2.75) is 35.3 Å². The van der Waals surface area contributed by atoms with Crippen molar-refractivity contribution in [3.8, 4) is 0 Å². The molecule has 1 fully saturated rings. The molecular formula is C18H20N4O2S2. The van der Waals surface area contributed by atoms with Gasteiger partial charge in [0.25, 0.3) is 0 Å². The first kappa shape index (κ1) is 17.5. The number of anilines is 2. The van der Waals surface area contributed by atoms with Crippen molar-refractivity contribution in [2.24, 2.45) is 0 Å². The van der Waals surface area contributed by atoms with Gasteiger partial charge in [0.15, 0.2) is 5.13 Å². The maximum Gasteiger partial charge on any atom is 0.238 e. The van der Waals surface area contributed by atoms with E-state index in [1.54, 1.807) is 11.3 Å². The molecule has 0 saturated carbocycles. The minimum absolute atomic E-state index is 0.126. The zero-order chi connectivity index (χ0) is 17.9. The van der Waals surface area contributed by atoms with Gasteiger partial charge in [-0.25, -0.2) is 4.98 Å². The Labute approximate surface area is 160 Å². The van der Waals surface area contributed by atoms with Crippen molar-refractivity contribution in [1.29, 1.82) is 0 Å². The molecule has 3 heterocycles. The summed E-state index contributed by atoms with van der Waals surface area (Å²) in [5, 5.41) is 9.27. The van der Waals surface area contributed by atoms with E-state index in [0.717, 1.165) is 36.5 Å². The largest absolute Gasteiger partial charge is 0.324 e. The number of piperidine rings is 1. The highest BCUT2D eigenvalue weighted by Gasteiger charge is 2.29. The number of carbonyl (C=O) groups is 2. The van der Waals surface area contributed by atoms with E-state index in [0.29, 0.717) is 11.0 Å². The average Bonchev–Trinajstić information content (AvgIpc) is 3.11. The molecule has 26 heavy (non-hydrogen) atoms. The number of aromatic nitrogens is 1. The van der Waals surface area contributed by atoms with Crippen LogP contribution < -0.4 is 16.0 Å². The van der Waals surface area contributed by atoms with Crippen LogP contribution in [0.2, 0.25) is 0 Å². The first-order valence-electron chi connectivity index (χ1n) is 8.72. The molecule has 0 bridgehead atoms. The second kappa shape index (κ2) is 7.77. The second-order valence-electron chi connectivity index (χ2n) is 6.44. The molecule has 136 valence electrons. The number of rotatable bonds is 4. The smallest absolute Gasteiger partial charge is 0.238 e. The maximum atomic E-state index is 12.4. The van der Waals surface area contributed by atoms with Gasteiger partial charge in [0.1, 0.15) is 0 Å². The summed E-state index contributed by atoms with van der Waals surface area (Å²) in [4.78, 5) is 31.2. The number of benzene rings is 1. The summed E-state index contributed by atoms with van der Waals surface area (Å²) in [6, 6.07) is 7.64. The highest BCUT2D eigenvalue weighted by Crippen LogP contribution is 2.37. The van der Waals surface area contributed by atoms with Gasteiger partial charge in [-0.3, -0.25) is 9.59 Å².